The second-order valence-electron chi connectivity index (χ2n) is 4.66. The first-order valence-corrected chi connectivity index (χ1v) is 6.40. The van der Waals surface area contributed by atoms with Crippen LogP contribution in [-0.2, 0) is 13.5 Å². The molecule has 1 amide bonds. The fourth-order valence-corrected chi connectivity index (χ4v) is 2.44. The molecule has 2 rings (SSSR count). The molecule has 0 aromatic carbocycles. The monoisotopic (exact) mass is 246 g/mol. The predicted molar refractivity (Wildman–Crippen MR) is 66.9 cm³/mol. The van der Waals surface area contributed by atoms with Gasteiger partial charge in [0.2, 0.25) is 0 Å². The number of carbonyl (C=O) groups excluding carboxylic acids is 1. The fraction of sp³-hybridized carbons (Fsp3) is 0.615. The number of carbonyl (C=O) groups is 1. The van der Waals surface area contributed by atoms with Gasteiger partial charge in [0, 0.05) is 19.8 Å². The third-order valence-corrected chi connectivity index (χ3v) is 3.38. The van der Waals surface area contributed by atoms with Crippen LogP contribution >= 0.6 is 0 Å². The van der Waals surface area contributed by atoms with Crippen molar-refractivity contribution in [3.05, 3.63) is 17.5 Å². The smallest absolute Gasteiger partial charge is 0.258 e. The predicted octanol–water partition coefficient (Wildman–Crippen LogP) is 1.50. The van der Waals surface area contributed by atoms with Crippen LogP contribution in [0.5, 0.6) is 0 Å². The second kappa shape index (κ2) is 5.21. The molecule has 1 aliphatic heterocycles. The van der Waals surface area contributed by atoms with Crippen LogP contribution in [0.1, 0.15) is 42.2 Å². The van der Waals surface area contributed by atoms with Gasteiger partial charge in [0.1, 0.15) is 6.04 Å². The van der Waals surface area contributed by atoms with E-state index < -0.39 is 0 Å². The zero-order chi connectivity index (χ0) is 13.1. The van der Waals surface area contributed by atoms with Gasteiger partial charge in [0.15, 0.2) is 0 Å². The van der Waals surface area contributed by atoms with Gasteiger partial charge in [-0.05, 0) is 25.7 Å². The first-order valence-electron chi connectivity index (χ1n) is 6.40. The van der Waals surface area contributed by atoms with Crippen LogP contribution in [0.3, 0.4) is 0 Å². The van der Waals surface area contributed by atoms with Crippen LogP contribution in [0, 0.1) is 11.3 Å². The maximum Gasteiger partial charge on any atom is 0.258 e. The summed E-state index contributed by atoms with van der Waals surface area (Å²) in [6, 6.07) is 1.95. The number of nitriles is 1. The minimum atomic E-state index is -0.281. The van der Waals surface area contributed by atoms with E-state index in [-0.39, 0.29) is 11.9 Å². The van der Waals surface area contributed by atoms with Gasteiger partial charge >= 0.3 is 0 Å². The second-order valence-corrected chi connectivity index (χ2v) is 4.66. The highest BCUT2D eigenvalue weighted by Gasteiger charge is 2.29. The molecule has 0 spiro atoms. The Hall–Kier alpha value is -1.83. The summed E-state index contributed by atoms with van der Waals surface area (Å²) >= 11 is 0. The third-order valence-electron chi connectivity index (χ3n) is 3.38. The highest BCUT2D eigenvalue weighted by molar-refractivity contribution is 5.95. The Labute approximate surface area is 107 Å². The number of hydrogen-bond donors (Lipinski definition) is 0. The molecule has 1 aromatic heterocycles. The minimum Gasteiger partial charge on any atom is -0.323 e. The summed E-state index contributed by atoms with van der Waals surface area (Å²) in [5.41, 5.74) is 1.45. The van der Waals surface area contributed by atoms with E-state index in [1.54, 1.807) is 15.8 Å². The normalized spacial score (nSPS) is 19.6. The summed E-state index contributed by atoms with van der Waals surface area (Å²) in [4.78, 5) is 14.2. The number of aromatic nitrogens is 2. The number of nitrogens with zero attached hydrogens (tertiary/aromatic N) is 4. The van der Waals surface area contributed by atoms with Gasteiger partial charge in [-0.2, -0.15) is 10.4 Å². The van der Waals surface area contributed by atoms with Crippen molar-refractivity contribution in [3.63, 3.8) is 0 Å². The molecule has 1 aromatic rings. The number of piperidine rings is 1. The van der Waals surface area contributed by atoms with Gasteiger partial charge in [0.05, 0.1) is 17.3 Å². The summed E-state index contributed by atoms with van der Waals surface area (Å²) in [5.74, 6) is -0.0498. The molecule has 5 nitrogen and oxygen atoms in total. The van der Waals surface area contributed by atoms with Crippen LogP contribution in [0.4, 0.5) is 0 Å². The average molecular weight is 246 g/mol. The van der Waals surface area contributed by atoms with Crippen LogP contribution in [0.2, 0.25) is 0 Å². The lowest BCUT2D eigenvalue weighted by Crippen LogP contribution is -2.43. The molecule has 0 radical (unpaired) electrons. The van der Waals surface area contributed by atoms with E-state index in [9.17, 15) is 4.79 Å². The van der Waals surface area contributed by atoms with Crippen molar-refractivity contribution in [1.82, 2.24) is 14.7 Å². The summed E-state index contributed by atoms with van der Waals surface area (Å²) in [7, 11) is 1.81. The third kappa shape index (κ3) is 2.23. The molecule has 0 saturated carbocycles. The van der Waals surface area contributed by atoms with Crippen LogP contribution in [-0.4, -0.2) is 33.2 Å². The van der Waals surface area contributed by atoms with E-state index in [0.717, 1.165) is 31.4 Å². The van der Waals surface area contributed by atoms with E-state index >= 15 is 0 Å². The molecule has 1 fully saturated rings. The van der Waals surface area contributed by atoms with E-state index in [2.05, 4.69) is 11.2 Å². The molecule has 5 heteroatoms. The maximum absolute atomic E-state index is 12.5. The van der Waals surface area contributed by atoms with E-state index in [1.165, 1.54) is 0 Å². The number of aryl methyl sites for hydroxylation is 2. The molecule has 0 bridgehead atoms. The quantitative estimate of drug-likeness (QED) is 0.794. The molecule has 0 aliphatic carbocycles. The number of hydrogen-bond acceptors (Lipinski definition) is 3. The lowest BCUT2D eigenvalue weighted by molar-refractivity contribution is 0.0669. The molecular formula is C13H18N4O. The van der Waals surface area contributed by atoms with Crippen molar-refractivity contribution >= 4 is 5.91 Å². The number of rotatable bonds is 2. The van der Waals surface area contributed by atoms with Crippen molar-refractivity contribution in [3.8, 4) is 6.07 Å². The van der Waals surface area contributed by atoms with E-state index in [4.69, 9.17) is 5.26 Å². The first kappa shape index (κ1) is 12.6. The van der Waals surface area contributed by atoms with Gasteiger partial charge in [-0.1, -0.05) is 6.92 Å². The molecule has 1 unspecified atom stereocenters. The highest BCUT2D eigenvalue weighted by atomic mass is 16.2. The lowest BCUT2D eigenvalue weighted by atomic mass is 10.0. The molecule has 18 heavy (non-hydrogen) atoms. The number of amides is 1. The molecule has 1 aliphatic rings. The minimum absolute atomic E-state index is 0.0498. The lowest BCUT2D eigenvalue weighted by Gasteiger charge is -2.31. The average Bonchev–Trinajstić information content (AvgIpc) is 2.79. The molecular weight excluding hydrogens is 228 g/mol. The molecule has 1 atom stereocenters. The molecule has 96 valence electrons. The Morgan fingerprint density at radius 3 is 3.06 bits per heavy atom. The molecule has 2 heterocycles. The Morgan fingerprint density at radius 2 is 2.39 bits per heavy atom. The van der Waals surface area contributed by atoms with Crippen molar-refractivity contribution in [2.75, 3.05) is 6.54 Å². The van der Waals surface area contributed by atoms with E-state index in [1.807, 2.05) is 14.0 Å². The molecule has 1 saturated heterocycles. The van der Waals surface area contributed by atoms with Crippen LogP contribution < -0.4 is 0 Å². The SMILES string of the molecule is CCc1nn(C)cc1C(=O)N1CCCCC1C#N. The first-order chi connectivity index (χ1) is 8.67. The van der Waals surface area contributed by atoms with Gasteiger partial charge in [-0.25, -0.2) is 0 Å². The summed E-state index contributed by atoms with van der Waals surface area (Å²) in [5, 5.41) is 13.4. The number of likely N-dealkylation sites (tertiary alicyclic amines) is 1. The Balaban J connectivity index is 2.27. The zero-order valence-corrected chi connectivity index (χ0v) is 10.9. The largest absolute Gasteiger partial charge is 0.323 e. The maximum atomic E-state index is 12.5. The van der Waals surface area contributed by atoms with Crippen molar-refractivity contribution in [2.24, 2.45) is 7.05 Å². The van der Waals surface area contributed by atoms with E-state index in [0.29, 0.717) is 12.1 Å². The standard InChI is InChI=1S/C13H18N4O/c1-3-12-11(9-16(2)15-12)13(18)17-7-5-4-6-10(17)8-14/h9-10H,3-7H2,1-2H3. The van der Waals surface area contributed by atoms with Crippen molar-refractivity contribution in [2.45, 2.75) is 38.6 Å². The van der Waals surface area contributed by atoms with Gasteiger partial charge < -0.3 is 4.90 Å². The van der Waals surface area contributed by atoms with Crippen LogP contribution in [0.25, 0.3) is 0 Å². The highest BCUT2D eigenvalue weighted by Crippen LogP contribution is 2.20. The van der Waals surface area contributed by atoms with Crippen molar-refractivity contribution < 1.29 is 4.79 Å². The Kier molecular flexibility index (Phi) is 3.66. The summed E-state index contributed by atoms with van der Waals surface area (Å²) in [6.07, 6.45) is 5.27. The Bertz CT molecular complexity index is 486. The topological polar surface area (TPSA) is 61.9 Å². The van der Waals surface area contributed by atoms with Crippen LogP contribution in [0.15, 0.2) is 6.20 Å². The van der Waals surface area contributed by atoms with Gasteiger partial charge in [-0.3, -0.25) is 9.48 Å². The van der Waals surface area contributed by atoms with Crippen molar-refractivity contribution in [1.29, 1.82) is 5.26 Å². The van der Waals surface area contributed by atoms with Gasteiger partial charge in [0.25, 0.3) is 5.91 Å². The summed E-state index contributed by atoms with van der Waals surface area (Å²) < 4.78 is 1.66. The zero-order valence-electron chi connectivity index (χ0n) is 10.9. The fourth-order valence-electron chi connectivity index (χ4n) is 2.44. The summed E-state index contributed by atoms with van der Waals surface area (Å²) in [6.45, 7) is 2.66. The molecule has 0 N–H and O–H groups in total. The van der Waals surface area contributed by atoms with Gasteiger partial charge in [-0.15, -0.1) is 0 Å². The Morgan fingerprint density at radius 1 is 1.61 bits per heavy atom.